The van der Waals surface area contributed by atoms with E-state index in [0.717, 1.165) is 24.5 Å². The quantitative estimate of drug-likeness (QED) is 0.766. The lowest BCUT2D eigenvalue weighted by Gasteiger charge is -2.37. The minimum absolute atomic E-state index is 0.808. The number of aromatic nitrogens is 2. The third-order valence-electron chi connectivity index (χ3n) is 3.11. The van der Waals surface area contributed by atoms with Crippen LogP contribution in [0.4, 0.5) is 0 Å². The van der Waals surface area contributed by atoms with Crippen molar-refractivity contribution in [2.75, 3.05) is 11.9 Å². The first-order valence-electron chi connectivity index (χ1n) is 5.57. The van der Waals surface area contributed by atoms with Crippen molar-refractivity contribution in [1.29, 1.82) is 0 Å². The Kier molecular flexibility index (Phi) is 3.81. The zero-order chi connectivity index (χ0) is 10.7. The predicted octanol–water partition coefficient (Wildman–Crippen LogP) is 2.17. The average molecular weight is 272 g/mol. The smallest absolute Gasteiger partial charge is 0.0534 e. The number of hydrogen-bond donors (Lipinski definition) is 0. The standard InChI is InChI=1S/C11H18BrN3/c1-14-8-10(7-13-14)9-15(6-5-12)11-3-2-4-11/h7-8,11H,2-6,9H2,1H3. The van der Waals surface area contributed by atoms with E-state index >= 15 is 0 Å². The van der Waals surface area contributed by atoms with E-state index in [1.54, 1.807) is 0 Å². The fraction of sp³-hybridized carbons (Fsp3) is 0.727. The highest BCUT2D eigenvalue weighted by atomic mass is 79.9. The third kappa shape index (κ3) is 2.82. The molecule has 1 aliphatic rings. The molecule has 1 aromatic heterocycles. The Morgan fingerprint density at radius 2 is 2.40 bits per heavy atom. The highest BCUT2D eigenvalue weighted by Crippen LogP contribution is 2.26. The molecule has 0 N–H and O–H groups in total. The second kappa shape index (κ2) is 5.12. The molecular weight excluding hydrogens is 254 g/mol. The van der Waals surface area contributed by atoms with Crippen LogP contribution in [-0.2, 0) is 13.6 Å². The van der Waals surface area contributed by atoms with Crippen LogP contribution in [-0.4, -0.2) is 32.6 Å². The van der Waals surface area contributed by atoms with E-state index in [1.807, 2.05) is 17.9 Å². The van der Waals surface area contributed by atoms with Gasteiger partial charge < -0.3 is 0 Å². The van der Waals surface area contributed by atoms with E-state index < -0.39 is 0 Å². The molecular formula is C11H18BrN3. The summed E-state index contributed by atoms with van der Waals surface area (Å²) in [6.07, 6.45) is 8.22. The molecule has 15 heavy (non-hydrogen) atoms. The molecule has 0 atom stereocenters. The van der Waals surface area contributed by atoms with Crippen LogP contribution in [0.1, 0.15) is 24.8 Å². The lowest BCUT2D eigenvalue weighted by Crippen LogP contribution is -2.40. The van der Waals surface area contributed by atoms with Crippen LogP contribution >= 0.6 is 15.9 Å². The third-order valence-corrected chi connectivity index (χ3v) is 3.46. The summed E-state index contributed by atoms with van der Waals surface area (Å²) in [4.78, 5) is 2.56. The lowest BCUT2D eigenvalue weighted by molar-refractivity contribution is 0.128. The van der Waals surface area contributed by atoms with E-state index in [2.05, 4.69) is 32.1 Å². The molecule has 84 valence electrons. The largest absolute Gasteiger partial charge is 0.295 e. The zero-order valence-electron chi connectivity index (χ0n) is 9.19. The van der Waals surface area contributed by atoms with Crippen LogP contribution in [0.25, 0.3) is 0 Å². The number of halogens is 1. The van der Waals surface area contributed by atoms with Gasteiger partial charge in [0.2, 0.25) is 0 Å². The lowest BCUT2D eigenvalue weighted by atomic mass is 9.91. The molecule has 0 bridgehead atoms. The Bertz CT molecular complexity index is 307. The van der Waals surface area contributed by atoms with Gasteiger partial charge in [-0.05, 0) is 12.8 Å². The highest BCUT2D eigenvalue weighted by Gasteiger charge is 2.24. The summed E-state index contributed by atoms with van der Waals surface area (Å²) in [6.45, 7) is 2.18. The summed E-state index contributed by atoms with van der Waals surface area (Å²) in [5.41, 5.74) is 1.32. The van der Waals surface area contributed by atoms with Crippen molar-refractivity contribution in [3.8, 4) is 0 Å². The van der Waals surface area contributed by atoms with Crippen LogP contribution in [0, 0.1) is 0 Å². The first-order valence-corrected chi connectivity index (χ1v) is 6.69. The van der Waals surface area contributed by atoms with Crippen LogP contribution in [0.5, 0.6) is 0 Å². The Hall–Kier alpha value is -0.350. The number of hydrogen-bond acceptors (Lipinski definition) is 2. The van der Waals surface area contributed by atoms with Crippen molar-refractivity contribution in [1.82, 2.24) is 14.7 Å². The van der Waals surface area contributed by atoms with Gasteiger partial charge in [0.15, 0.2) is 0 Å². The molecule has 0 saturated heterocycles. The molecule has 3 nitrogen and oxygen atoms in total. The van der Waals surface area contributed by atoms with Crippen LogP contribution < -0.4 is 0 Å². The number of rotatable bonds is 5. The SMILES string of the molecule is Cn1cc(CN(CCBr)C2CCC2)cn1. The molecule has 1 fully saturated rings. The monoisotopic (exact) mass is 271 g/mol. The van der Waals surface area contributed by atoms with Crippen LogP contribution in [0.15, 0.2) is 12.4 Å². The molecule has 1 heterocycles. The minimum Gasteiger partial charge on any atom is -0.295 e. The van der Waals surface area contributed by atoms with Gasteiger partial charge in [0.05, 0.1) is 6.20 Å². The summed E-state index contributed by atoms with van der Waals surface area (Å²) in [6, 6.07) is 0.808. The van der Waals surface area contributed by atoms with Gasteiger partial charge in [-0.15, -0.1) is 0 Å². The van der Waals surface area contributed by atoms with Crippen molar-refractivity contribution < 1.29 is 0 Å². The molecule has 0 aromatic carbocycles. The maximum absolute atomic E-state index is 4.21. The van der Waals surface area contributed by atoms with E-state index in [4.69, 9.17) is 0 Å². The molecule has 0 radical (unpaired) electrons. The second-order valence-corrected chi connectivity index (χ2v) is 5.06. The highest BCUT2D eigenvalue weighted by molar-refractivity contribution is 9.09. The fourth-order valence-corrected chi connectivity index (χ4v) is 2.49. The van der Waals surface area contributed by atoms with Crippen molar-refractivity contribution in [2.45, 2.75) is 31.8 Å². The van der Waals surface area contributed by atoms with Gasteiger partial charge in [-0.2, -0.15) is 5.10 Å². The molecule has 0 amide bonds. The number of nitrogens with zero attached hydrogens (tertiary/aromatic N) is 3. The molecule has 1 aliphatic carbocycles. The van der Waals surface area contributed by atoms with Crippen LogP contribution in [0.3, 0.4) is 0 Å². The normalized spacial score (nSPS) is 17.0. The van der Waals surface area contributed by atoms with E-state index in [9.17, 15) is 0 Å². The minimum atomic E-state index is 0.808. The summed E-state index contributed by atoms with van der Waals surface area (Å²) >= 11 is 3.53. The van der Waals surface area contributed by atoms with Gasteiger partial charge in [0, 0.05) is 43.3 Å². The Morgan fingerprint density at radius 3 is 2.87 bits per heavy atom. The Labute approximate surface area is 99.6 Å². The molecule has 1 aromatic rings. The van der Waals surface area contributed by atoms with Gasteiger partial charge in [-0.1, -0.05) is 22.4 Å². The number of alkyl halides is 1. The van der Waals surface area contributed by atoms with Gasteiger partial charge in [-0.25, -0.2) is 0 Å². The zero-order valence-corrected chi connectivity index (χ0v) is 10.8. The first kappa shape index (κ1) is 11.1. The number of aryl methyl sites for hydroxylation is 1. The first-order chi connectivity index (χ1) is 7.29. The van der Waals surface area contributed by atoms with Gasteiger partial charge in [-0.3, -0.25) is 9.58 Å². The summed E-state index contributed by atoms with van der Waals surface area (Å²) in [5.74, 6) is 0. The molecule has 0 spiro atoms. The summed E-state index contributed by atoms with van der Waals surface area (Å²) in [5, 5.41) is 5.27. The molecule has 0 aliphatic heterocycles. The molecule has 4 heteroatoms. The van der Waals surface area contributed by atoms with Gasteiger partial charge in [0.25, 0.3) is 0 Å². The molecule has 2 rings (SSSR count). The van der Waals surface area contributed by atoms with Gasteiger partial charge >= 0.3 is 0 Å². The predicted molar refractivity (Wildman–Crippen MR) is 65.1 cm³/mol. The van der Waals surface area contributed by atoms with E-state index in [1.165, 1.54) is 24.8 Å². The summed E-state index contributed by atoms with van der Waals surface area (Å²) < 4.78 is 1.88. The van der Waals surface area contributed by atoms with Crippen molar-refractivity contribution in [3.05, 3.63) is 18.0 Å². The maximum atomic E-state index is 4.21. The van der Waals surface area contributed by atoms with Crippen molar-refractivity contribution in [3.63, 3.8) is 0 Å². The summed E-state index contributed by atoms with van der Waals surface area (Å²) in [7, 11) is 1.97. The van der Waals surface area contributed by atoms with Crippen molar-refractivity contribution in [2.24, 2.45) is 7.05 Å². The fourth-order valence-electron chi connectivity index (χ4n) is 2.04. The Morgan fingerprint density at radius 1 is 1.60 bits per heavy atom. The van der Waals surface area contributed by atoms with Crippen LogP contribution in [0.2, 0.25) is 0 Å². The van der Waals surface area contributed by atoms with Gasteiger partial charge in [0.1, 0.15) is 0 Å². The average Bonchev–Trinajstić information content (AvgIpc) is 2.48. The maximum Gasteiger partial charge on any atom is 0.0534 e. The second-order valence-electron chi connectivity index (χ2n) is 4.27. The topological polar surface area (TPSA) is 21.1 Å². The Balaban J connectivity index is 1.93. The van der Waals surface area contributed by atoms with E-state index in [0.29, 0.717) is 0 Å². The molecule has 1 saturated carbocycles. The van der Waals surface area contributed by atoms with Crippen molar-refractivity contribution >= 4 is 15.9 Å². The van der Waals surface area contributed by atoms with E-state index in [-0.39, 0.29) is 0 Å². The molecule has 0 unspecified atom stereocenters.